The fourth-order valence-electron chi connectivity index (χ4n) is 1.27. The number of allylic oxidation sites excluding steroid dienone is 1. The summed E-state index contributed by atoms with van der Waals surface area (Å²) < 4.78 is 0. The van der Waals surface area contributed by atoms with E-state index in [1.165, 1.54) is 0 Å². The van der Waals surface area contributed by atoms with Gasteiger partial charge < -0.3 is 0 Å². The van der Waals surface area contributed by atoms with Gasteiger partial charge >= 0.3 is 0 Å². The second-order valence-electron chi connectivity index (χ2n) is 2.81. The molecule has 66 valence electrons. The van der Waals surface area contributed by atoms with E-state index in [4.69, 9.17) is 0 Å². The molecule has 0 aromatic heterocycles. The Kier molecular flexibility index (Phi) is 3.58. The summed E-state index contributed by atoms with van der Waals surface area (Å²) in [5.41, 5.74) is 3.86. The van der Waals surface area contributed by atoms with Crippen LogP contribution in [0.3, 0.4) is 0 Å². The van der Waals surface area contributed by atoms with Crippen molar-refractivity contribution in [3.8, 4) is 0 Å². The first kappa shape index (κ1) is 9.04. The van der Waals surface area contributed by atoms with E-state index in [1.54, 1.807) is 6.08 Å². The standard InChI is InChI=1S/C9H14N2O/c1-2-7-11-9(8-12)5-3-4-6-10-11/h2,10H,1,3-7H2. The van der Waals surface area contributed by atoms with Crippen LogP contribution in [0.2, 0.25) is 0 Å². The quantitative estimate of drug-likeness (QED) is 0.488. The van der Waals surface area contributed by atoms with Crippen LogP contribution in [-0.2, 0) is 4.79 Å². The Morgan fingerprint density at radius 3 is 3.17 bits per heavy atom. The Morgan fingerprint density at radius 2 is 2.50 bits per heavy atom. The van der Waals surface area contributed by atoms with Crippen LogP contribution in [0.1, 0.15) is 19.3 Å². The van der Waals surface area contributed by atoms with Gasteiger partial charge in [0.05, 0.1) is 6.54 Å². The van der Waals surface area contributed by atoms with Gasteiger partial charge in [-0.2, -0.15) is 0 Å². The third-order valence-corrected chi connectivity index (χ3v) is 1.90. The molecule has 1 fully saturated rings. The molecule has 1 N–H and O–H groups in total. The molecule has 1 heterocycles. The molecule has 0 bridgehead atoms. The second-order valence-corrected chi connectivity index (χ2v) is 2.81. The topological polar surface area (TPSA) is 32.3 Å². The fraction of sp³-hybridized carbons (Fsp3) is 0.556. The molecule has 1 rings (SSSR count). The first-order chi connectivity index (χ1) is 5.88. The van der Waals surface area contributed by atoms with E-state index in [-0.39, 0.29) is 0 Å². The minimum absolute atomic E-state index is 0.671. The lowest BCUT2D eigenvalue weighted by Gasteiger charge is -2.21. The summed E-state index contributed by atoms with van der Waals surface area (Å²) in [4.78, 5) is 10.5. The largest absolute Gasteiger partial charge is 0.298 e. The number of rotatable bonds is 2. The van der Waals surface area contributed by atoms with Crippen LogP contribution in [0.15, 0.2) is 18.4 Å². The van der Waals surface area contributed by atoms with Gasteiger partial charge in [-0.1, -0.05) is 6.08 Å². The van der Waals surface area contributed by atoms with Crippen molar-refractivity contribution in [1.82, 2.24) is 10.4 Å². The highest BCUT2D eigenvalue weighted by atomic mass is 16.1. The molecule has 12 heavy (non-hydrogen) atoms. The van der Waals surface area contributed by atoms with Crippen LogP contribution in [-0.4, -0.2) is 24.0 Å². The smallest absolute Gasteiger partial charge is 0.147 e. The van der Waals surface area contributed by atoms with Gasteiger partial charge in [0.25, 0.3) is 0 Å². The third kappa shape index (κ3) is 2.22. The summed E-state index contributed by atoms with van der Waals surface area (Å²) in [6.45, 7) is 5.23. The van der Waals surface area contributed by atoms with Crippen LogP contribution in [0, 0.1) is 0 Å². The van der Waals surface area contributed by atoms with Crippen LogP contribution < -0.4 is 5.43 Å². The van der Waals surface area contributed by atoms with Gasteiger partial charge in [-0.3, -0.25) is 5.01 Å². The molecule has 1 aliphatic heterocycles. The van der Waals surface area contributed by atoms with Crippen molar-refractivity contribution in [3.63, 3.8) is 0 Å². The number of hydrogen-bond acceptors (Lipinski definition) is 3. The normalized spacial score (nSPS) is 18.3. The van der Waals surface area contributed by atoms with E-state index >= 15 is 0 Å². The summed E-state index contributed by atoms with van der Waals surface area (Å²) in [5, 5.41) is 1.83. The van der Waals surface area contributed by atoms with E-state index in [2.05, 4.69) is 12.0 Å². The lowest BCUT2D eigenvalue weighted by molar-refractivity contribution is 0.281. The Hall–Kier alpha value is -1.05. The summed E-state index contributed by atoms with van der Waals surface area (Å²) in [7, 11) is 0. The average Bonchev–Trinajstić information content (AvgIpc) is 2.30. The van der Waals surface area contributed by atoms with E-state index in [0.717, 1.165) is 25.8 Å². The van der Waals surface area contributed by atoms with Crippen molar-refractivity contribution in [3.05, 3.63) is 18.4 Å². The summed E-state index contributed by atoms with van der Waals surface area (Å²) >= 11 is 0. The van der Waals surface area contributed by atoms with E-state index < -0.39 is 0 Å². The molecule has 1 aliphatic rings. The molecule has 0 atom stereocenters. The van der Waals surface area contributed by atoms with Crippen LogP contribution in [0.5, 0.6) is 0 Å². The Balaban J connectivity index is 2.63. The SMILES string of the molecule is C=CCN1NCCCCC1=C=O. The van der Waals surface area contributed by atoms with Gasteiger partial charge in [-0.05, 0) is 19.3 Å². The van der Waals surface area contributed by atoms with Crippen molar-refractivity contribution >= 4 is 5.94 Å². The maximum absolute atomic E-state index is 10.5. The number of hydrogen-bond donors (Lipinski definition) is 1. The third-order valence-electron chi connectivity index (χ3n) is 1.90. The van der Waals surface area contributed by atoms with Crippen LogP contribution in [0.25, 0.3) is 0 Å². The lowest BCUT2D eigenvalue weighted by Crippen LogP contribution is -2.36. The highest BCUT2D eigenvalue weighted by Gasteiger charge is 2.11. The zero-order valence-corrected chi connectivity index (χ0v) is 7.18. The van der Waals surface area contributed by atoms with Gasteiger partial charge in [-0.25, -0.2) is 10.2 Å². The zero-order valence-electron chi connectivity index (χ0n) is 7.18. The molecular weight excluding hydrogens is 152 g/mol. The van der Waals surface area contributed by atoms with E-state index in [0.29, 0.717) is 12.2 Å². The van der Waals surface area contributed by atoms with Crippen molar-refractivity contribution in [2.24, 2.45) is 0 Å². The minimum atomic E-state index is 0.671. The van der Waals surface area contributed by atoms with E-state index in [1.807, 2.05) is 11.0 Å². The Morgan fingerprint density at radius 1 is 1.67 bits per heavy atom. The average molecular weight is 166 g/mol. The Bertz CT molecular complexity index is 207. The highest BCUT2D eigenvalue weighted by molar-refractivity contribution is 5.51. The van der Waals surface area contributed by atoms with Gasteiger partial charge in [0.15, 0.2) is 0 Å². The van der Waals surface area contributed by atoms with Crippen LogP contribution >= 0.6 is 0 Å². The zero-order chi connectivity index (χ0) is 8.81. The second kappa shape index (κ2) is 4.75. The predicted molar refractivity (Wildman–Crippen MR) is 48.0 cm³/mol. The summed E-state index contributed by atoms with van der Waals surface area (Å²) in [6.07, 6.45) is 4.77. The summed E-state index contributed by atoms with van der Waals surface area (Å²) in [6, 6.07) is 0. The number of hydrazine groups is 1. The predicted octanol–water partition coefficient (Wildman–Crippen LogP) is 0.878. The van der Waals surface area contributed by atoms with E-state index in [9.17, 15) is 4.79 Å². The molecule has 0 aromatic carbocycles. The van der Waals surface area contributed by atoms with Gasteiger partial charge in [0.2, 0.25) is 0 Å². The molecule has 0 saturated carbocycles. The lowest BCUT2D eigenvalue weighted by atomic mass is 10.2. The molecule has 0 radical (unpaired) electrons. The maximum atomic E-state index is 10.5. The number of nitrogens with one attached hydrogen (secondary N) is 1. The first-order valence-electron chi connectivity index (χ1n) is 4.24. The molecule has 0 spiro atoms. The van der Waals surface area contributed by atoms with Crippen molar-refractivity contribution in [1.29, 1.82) is 0 Å². The van der Waals surface area contributed by atoms with Crippen molar-refractivity contribution < 1.29 is 4.79 Å². The minimum Gasteiger partial charge on any atom is -0.298 e. The van der Waals surface area contributed by atoms with Crippen molar-refractivity contribution in [2.75, 3.05) is 13.1 Å². The fourth-order valence-corrected chi connectivity index (χ4v) is 1.27. The summed E-state index contributed by atoms with van der Waals surface area (Å²) in [5.74, 6) is 1.96. The van der Waals surface area contributed by atoms with Gasteiger partial charge in [-0.15, -0.1) is 6.58 Å². The van der Waals surface area contributed by atoms with Gasteiger partial charge in [0, 0.05) is 6.54 Å². The molecule has 0 unspecified atom stereocenters. The monoisotopic (exact) mass is 166 g/mol. The molecule has 0 aromatic rings. The molecule has 0 aliphatic carbocycles. The molecule has 0 amide bonds. The molecule has 1 saturated heterocycles. The first-order valence-corrected chi connectivity index (χ1v) is 4.24. The number of nitrogens with zero attached hydrogens (tertiary/aromatic N) is 1. The molecule has 3 heteroatoms. The Labute approximate surface area is 72.7 Å². The highest BCUT2D eigenvalue weighted by Crippen LogP contribution is 2.11. The molecular formula is C9H14N2O. The van der Waals surface area contributed by atoms with Crippen LogP contribution in [0.4, 0.5) is 0 Å². The molecule has 3 nitrogen and oxygen atoms in total. The van der Waals surface area contributed by atoms with Crippen molar-refractivity contribution in [2.45, 2.75) is 19.3 Å². The van der Waals surface area contributed by atoms with Gasteiger partial charge in [0.1, 0.15) is 11.6 Å². The maximum Gasteiger partial charge on any atom is 0.147 e. The number of carbonyl (C=O) groups excluding carboxylic acids is 1.